The molecule has 0 atom stereocenters. The molecule has 2 N–H and O–H groups in total. The van der Waals surface area contributed by atoms with E-state index in [0.29, 0.717) is 12.1 Å². The lowest BCUT2D eigenvalue weighted by atomic mass is 9.93. The van der Waals surface area contributed by atoms with Gasteiger partial charge in [-0.25, -0.2) is 4.39 Å². The van der Waals surface area contributed by atoms with E-state index in [-0.39, 0.29) is 35.2 Å². The molecule has 0 fully saturated rings. The highest BCUT2D eigenvalue weighted by Gasteiger charge is 2.19. The highest BCUT2D eigenvalue weighted by atomic mass is 127. The number of hydrogen-bond acceptors (Lipinski definition) is 2. The number of rotatable bonds is 6. The Kier molecular flexibility index (Phi) is 9.68. The second kappa shape index (κ2) is 10.1. The maximum absolute atomic E-state index is 13.3. The average molecular weight is 436 g/mol. The molecule has 0 saturated carbocycles. The van der Waals surface area contributed by atoms with Crippen molar-refractivity contribution in [2.45, 2.75) is 27.3 Å². The summed E-state index contributed by atoms with van der Waals surface area (Å²) in [5, 5.41) is 6.61. The van der Waals surface area contributed by atoms with Crippen LogP contribution in [0.3, 0.4) is 0 Å². The molecule has 1 aromatic rings. The Bertz CT molecular complexity index is 515. The molecule has 0 saturated heterocycles. The van der Waals surface area contributed by atoms with Gasteiger partial charge in [-0.15, -0.1) is 24.0 Å². The van der Waals surface area contributed by atoms with Gasteiger partial charge in [0.15, 0.2) is 5.96 Å². The van der Waals surface area contributed by atoms with Crippen molar-refractivity contribution in [3.63, 3.8) is 0 Å². The van der Waals surface area contributed by atoms with Crippen LogP contribution in [0.25, 0.3) is 0 Å². The predicted octanol–water partition coefficient (Wildman–Crippen LogP) is 3.00. The summed E-state index contributed by atoms with van der Waals surface area (Å²) in [6.07, 6.45) is 0. The molecule has 0 aromatic heterocycles. The fourth-order valence-corrected chi connectivity index (χ4v) is 2.46. The van der Waals surface area contributed by atoms with Gasteiger partial charge in [0.2, 0.25) is 0 Å². The van der Waals surface area contributed by atoms with Crippen molar-refractivity contribution >= 4 is 29.9 Å². The Morgan fingerprint density at radius 1 is 1.26 bits per heavy atom. The van der Waals surface area contributed by atoms with Gasteiger partial charge in [-0.2, -0.15) is 0 Å². The smallest absolute Gasteiger partial charge is 0.191 e. The van der Waals surface area contributed by atoms with Crippen LogP contribution in [-0.2, 0) is 6.54 Å². The van der Waals surface area contributed by atoms with Gasteiger partial charge >= 0.3 is 0 Å². The predicted molar refractivity (Wildman–Crippen MR) is 107 cm³/mol. The molecule has 0 aliphatic carbocycles. The van der Waals surface area contributed by atoms with Crippen LogP contribution < -0.4 is 10.6 Å². The quantitative estimate of drug-likeness (QED) is 0.409. The lowest BCUT2D eigenvalue weighted by Crippen LogP contribution is -2.44. The normalized spacial score (nSPS) is 12.1. The van der Waals surface area contributed by atoms with Crippen LogP contribution in [-0.4, -0.2) is 45.1 Å². The Morgan fingerprint density at radius 2 is 1.91 bits per heavy atom. The summed E-state index contributed by atoms with van der Waals surface area (Å²) in [5.41, 5.74) is 1.84. The van der Waals surface area contributed by atoms with Crippen LogP contribution in [0, 0.1) is 18.2 Å². The molecule has 4 nitrogen and oxygen atoms in total. The molecule has 1 aromatic carbocycles. The Balaban J connectivity index is 0.00000484. The molecule has 23 heavy (non-hydrogen) atoms. The van der Waals surface area contributed by atoms with Crippen molar-refractivity contribution in [2.24, 2.45) is 10.4 Å². The first-order chi connectivity index (χ1) is 10.2. The Morgan fingerprint density at radius 3 is 2.43 bits per heavy atom. The summed E-state index contributed by atoms with van der Waals surface area (Å²) in [6, 6.07) is 5.15. The lowest BCUT2D eigenvalue weighted by molar-refractivity contribution is 0.241. The number of aryl methyl sites for hydroxylation is 1. The van der Waals surface area contributed by atoms with E-state index in [4.69, 9.17) is 0 Å². The number of nitrogens with zero attached hydrogens (tertiary/aromatic N) is 2. The minimum atomic E-state index is -0.170. The molecule has 132 valence electrons. The average Bonchev–Trinajstić information content (AvgIpc) is 2.41. The first-order valence-corrected chi connectivity index (χ1v) is 7.58. The van der Waals surface area contributed by atoms with E-state index < -0.39 is 0 Å². The van der Waals surface area contributed by atoms with Gasteiger partial charge in [0.05, 0.1) is 0 Å². The van der Waals surface area contributed by atoms with Crippen molar-refractivity contribution in [3.8, 4) is 0 Å². The second-order valence-electron chi connectivity index (χ2n) is 6.76. The number of nitrogens with one attached hydrogen (secondary N) is 2. The zero-order valence-electron chi connectivity index (χ0n) is 15.0. The number of aliphatic imine (C=N–C) groups is 1. The van der Waals surface area contributed by atoms with Crippen LogP contribution in [0.4, 0.5) is 4.39 Å². The maximum atomic E-state index is 13.3. The molecule has 0 amide bonds. The molecule has 0 unspecified atom stereocenters. The lowest BCUT2D eigenvalue weighted by Gasteiger charge is -2.29. The van der Waals surface area contributed by atoms with Gasteiger partial charge in [0, 0.05) is 26.7 Å². The van der Waals surface area contributed by atoms with Crippen molar-refractivity contribution in [3.05, 3.63) is 35.1 Å². The highest BCUT2D eigenvalue weighted by molar-refractivity contribution is 14.0. The number of hydrogen-bond donors (Lipinski definition) is 2. The maximum Gasteiger partial charge on any atom is 0.191 e. The van der Waals surface area contributed by atoms with Gasteiger partial charge in [0.1, 0.15) is 5.82 Å². The first-order valence-electron chi connectivity index (χ1n) is 7.58. The molecule has 0 aliphatic heterocycles. The van der Waals surface area contributed by atoms with Crippen LogP contribution >= 0.6 is 24.0 Å². The molecule has 0 heterocycles. The van der Waals surface area contributed by atoms with Crippen LogP contribution in [0.5, 0.6) is 0 Å². The highest BCUT2D eigenvalue weighted by Crippen LogP contribution is 2.14. The molecular formula is C17H30FIN4. The van der Waals surface area contributed by atoms with Crippen molar-refractivity contribution in [1.82, 2.24) is 15.5 Å². The third-order valence-corrected chi connectivity index (χ3v) is 3.38. The van der Waals surface area contributed by atoms with E-state index in [2.05, 4.69) is 48.5 Å². The monoisotopic (exact) mass is 436 g/mol. The zero-order chi connectivity index (χ0) is 16.8. The summed E-state index contributed by atoms with van der Waals surface area (Å²) < 4.78 is 13.3. The Hall–Kier alpha value is -0.890. The van der Waals surface area contributed by atoms with Gasteiger partial charge in [0.25, 0.3) is 0 Å². The van der Waals surface area contributed by atoms with Gasteiger partial charge < -0.3 is 15.5 Å². The molecule has 1 rings (SSSR count). The third-order valence-electron chi connectivity index (χ3n) is 3.38. The molecule has 0 aliphatic rings. The first kappa shape index (κ1) is 22.1. The van der Waals surface area contributed by atoms with Crippen molar-refractivity contribution in [1.29, 1.82) is 0 Å². The van der Waals surface area contributed by atoms with E-state index in [1.807, 2.05) is 6.07 Å². The fraction of sp³-hybridized carbons (Fsp3) is 0.588. The molecular weight excluding hydrogens is 406 g/mol. The topological polar surface area (TPSA) is 39.7 Å². The minimum absolute atomic E-state index is 0. The SMILES string of the molecule is CN=C(NCc1ccc(F)c(C)c1)NCC(C)(C)CN(C)C.I. The summed E-state index contributed by atoms with van der Waals surface area (Å²) in [4.78, 5) is 6.41. The van der Waals surface area contributed by atoms with Crippen molar-refractivity contribution in [2.75, 3.05) is 34.2 Å². The number of guanidine groups is 1. The molecule has 6 heteroatoms. The van der Waals surface area contributed by atoms with Crippen molar-refractivity contribution < 1.29 is 4.39 Å². The van der Waals surface area contributed by atoms with Gasteiger partial charge in [-0.05, 0) is 43.6 Å². The largest absolute Gasteiger partial charge is 0.356 e. The molecule has 0 bridgehead atoms. The molecule has 0 radical (unpaired) electrons. The summed E-state index contributed by atoms with van der Waals surface area (Å²) >= 11 is 0. The van der Waals surface area contributed by atoms with Crippen LogP contribution in [0.2, 0.25) is 0 Å². The van der Waals surface area contributed by atoms with E-state index in [9.17, 15) is 4.39 Å². The summed E-state index contributed by atoms with van der Waals surface area (Å²) in [7, 11) is 5.90. The summed E-state index contributed by atoms with van der Waals surface area (Å²) in [5.74, 6) is 0.588. The van der Waals surface area contributed by atoms with Crippen LogP contribution in [0.15, 0.2) is 23.2 Å². The Labute approximate surface area is 157 Å². The minimum Gasteiger partial charge on any atom is -0.356 e. The van der Waals surface area contributed by atoms with E-state index in [0.717, 1.165) is 24.6 Å². The number of benzene rings is 1. The second-order valence-corrected chi connectivity index (χ2v) is 6.76. The van der Waals surface area contributed by atoms with Gasteiger partial charge in [-0.3, -0.25) is 4.99 Å². The van der Waals surface area contributed by atoms with Crippen LogP contribution in [0.1, 0.15) is 25.0 Å². The third kappa shape index (κ3) is 8.50. The fourth-order valence-electron chi connectivity index (χ4n) is 2.46. The number of halogens is 2. The van der Waals surface area contributed by atoms with E-state index >= 15 is 0 Å². The van der Waals surface area contributed by atoms with Gasteiger partial charge in [-0.1, -0.05) is 26.0 Å². The standard InChI is InChI=1S/C17H29FN4.HI/c1-13-9-14(7-8-15(13)18)10-20-16(19-4)21-11-17(2,3)12-22(5)6;/h7-9H,10-12H2,1-6H3,(H2,19,20,21);1H. The van der Waals surface area contributed by atoms with E-state index in [1.165, 1.54) is 6.07 Å². The zero-order valence-corrected chi connectivity index (χ0v) is 17.4. The van der Waals surface area contributed by atoms with E-state index in [1.54, 1.807) is 20.0 Å². The summed E-state index contributed by atoms with van der Waals surface area (Å²) in [6.45, 7) is 8.65. The molecule has 0 spiro atoms.